The minimum Gasteiger partial charge on any atom is -0.378 e. The van der Waals surface area contributed by atoms with Crippen molar-refractivity contribution in [2.45, 2.75) is 19.9 Å². The van der Waals surface area contributed by atoms with Crippen LogP contribution in [0.3, 0.4) is 0 Å². The van der Waals surface area contributed by atoms with E-state index in [2.05, 4.69) is 44.1 Å². The van der Waals surface area contributed by atoms with Crippen LogP contribution in [0.1, 0.15) is 24.1 Å². The van der Waals surface area contributed by atoms with Crippen molar-refractivity contribution in [3.8, 4) is 0 Å². The van der Waals surface area contributed by atoms with Crippen molar-refractivity contribution in [1.29, 1.82) is 0 Å². The summed E-state index contributed by atoms with van der Waals surface area (Å²) < 4.78 is 15.6. The largest absolute Gasteiger partial charge is 0.378 e. The number of nitrogens with one attached hydrogen (secondary N) is 1. The van der Waals surface area contributed by atoms with E-state index in [0.717, 1.165) is 20.2 Å². The van der Waals surface area contributed by atoms with Gasteiger partial charge in [-0.2, -0.15) is 0 Å². The molecule has 19 heavy (non-hydrogen) atoms. The Bertz CT molecular complexity index is 599. The van der Waals surface area contributed by atoms with Gasteiger partial charge in [0.1, 0.15) is 5.82 Å². The number of rotatable bonds is 3. The molecule has 0 bridgehead atoms. The van der Waals surface area contributed by atoms with Crippen LogP contribution in [0.4, 0.5) is 10.1 Å². The van der Waals surface area contributed by atoms with Gasteiger partial charge in [-0.1, -0.05) is 44.0 Å². The quantitative estimate of drug-likeness (QED) is 0.699. The first-order chi connectivity index (χ1) is 8.99. The van der Waals surface area contributed by atoms with Crippen LogP contribution in [0.15, 0.2) is 45.3 Å². The molecule has 1 nitrogen and oxygen atoms in total. The summed E-state index contributed by atoms with van der Waals surface area (Å²) in [7, 11) is 0. The van der Waals surface area contributed by atoms with Crippen molar-refractivity contribution >= 4 is 37.5 Å². The fraction of sp³-hybridized carbons (Fsp3) is 0.200. The van der Waals surface area contributed by atoms with Gasteiger partial charge in [0.05, 0.1) is 0 Å². The van der Waals surface area contributed by atoms with E-state index in [9.17, 15) is 4.39 Å². The first-order valence-corrected chi connectivity index (χ1v) is 7.54. The van der Waals surface area contributed by atoms with E-state index in [4.69, 9.17) is 0 Å². The van der Waals surface area contributed by atoms with E-state index < -0.39 is 0 Å². The normalized spacial score (nSPS) is 12.3. The Kier molecular flexibility index (Phi) is 4.63. The molecule has 4 heteroatoms. The maximum Gasteiger partial charge on any atom is 0.128 e. The summed E-state index contributed by atoms with van der Waals surface area (Å²) in [6.07, 6.45) is 0. The summed E-state index contributed by atoms with van der Waals surface area (Å²) in [6, 6.07) is 11.2. The number of hydrogen-bond donors (Lipinski definition) is 1. The molecule has 0 fully saturated rings. The Balaban J connectivity index is 2.25. The lowest BCUT2D eigenvalue weighted by Crippen LogP contribution is -2.08. The maximum atomic E-state index is 13.5. The number of benzene rings is 2. The van der Waals surface area contributed by atoms with E-state index >= 15 is 0 Å². The average Bonchev–Trinajstić information content (AvgIpc) is 2.34. The first kappa shape index (κ1) is 14.5. The third kappa shape index (κ3) is 3.37. The van der Waals surface area contributed by atoms with Crippen LogP contribution in [0.25, 0.3) is 0 Å². The summed E-state index contributed by atoms with van der Waals surface area (Å²) in [5, 5.41) is 3.34. The van der Waals surface area contributed by atoms with Crippen molar-refractivity contribution < 1.29 is 4.39 Å². The Labute approximate surface area is 129 Å². The van der Waals surface area contributed by atoms with E-state index in [0.29, 0.717) is 5.56 Å². The molecule has 0 spiro atoms. The molecular formula is C15H14Br2FN. The Morgan fingerprint density at radius 1 is 1.16 bits per heavy atom. The molecule has 100 valence electrons. The Morgan fingerprint density at radius 2 is 1.89 bits per heavy atom. The highest BCUT2D eigenvalue weighted by molar-refractivity contribution is 9.11. The van der Waals surface area contributed by atoms with Crippen LogP contribution in [0.2, 0.25) is 0 Å². The van der Waals surface area contributed by atoms with Crippen molar-refractivity contribution in [1.82, 2.24) is 0 Å². The fourth-order valence-electron chi connectivity index (χ4n) is 1.93. The summed E-state index contributed by atoms with van der Waals surface area (Å²) in [4.78, 5) is 0. The molecule has 0 radical (unpaired) electrons. The predicted octanol–water partition coefficient (Wildman–Crippen LogP) is 5.83. The molecule has 2 aromatic carbocycles. The van der Waals surface area contributed by atoms with Gasteiger partial charge in [-0.25, -0.2) is 4.39 Å². The minimum absolute atomic E-state index is 0.0861. The molecule has 0 amide bonds. The molecule has 0 aliphatic rings. The summed E-state index contributed by atoms with van der Waals surface area (Å²) >= 11 is 6.98. The highest BCUT2D eigenvalue weighted by atomic mass is 79.9. The fourth-order valence-corrected chi connectivity index (χ4v) is 3.32. The zero-order chi connectivity index (χ0) is 14.0. The summed E-state index contributed by atoms with van der Waals surface area (Å²) in [6.45, 7) is 3.83. The molecule has 2 rings (SSSR count). The van der Waals surface area contributed by atoms with Crippen LogP contribution in [0.5, 0.6) is 0 Å². The lowest BCUT2D eigenvalue weighted by Gasteiger charge is -2.19. The molecule has 2 aromatic rings. The van der Waals surface area contributed by atoms with Crippen LogP contribution in [-0.4, -0.2) is 0 Å². The van der Waals surface area contributed by atoms with E-state index in [1.165, 1.54) is 6.07 Å². The van der Waals surface area contributed by atoms with Crippen molar-refractivity contribution in [2.24, 2.45) is 0 Å². The monoisotopic (exact) mass is 385 g/mol. The van der Waals surface area contributed by atoms with E-state index in [1.807, 2.05) is 24.3 Å². The van der Waals surface area contributed by atoms with Gasteiger partial charge in [-0.15, -0.1) is 0 Å². The molecule has 0 aliphatic heterocycles. The van der Waals surface area contributed by atoms with Crippen LogP contribution in [0, 0.1) is 12.7 Å². The van der Waals surface area contributed by atoms with Crippen molar-refractivity contribution in [2.75, 3.05) is 5.32 Å². The topological polar surface area (TPSA) is 12.0 Å². The molecule has 1 atom stereocenters. The van der Waals surface area contributed by atoms with E-state index in [-0.39, 0.29) is 11.9 Å². The van der Waals surface area contributed by atoms with Gasteiger partial charge in [0, 0.05) is 26.2 Å². The highest BCUT2D eigenvalue weighted by Gasteiger charge is 2.11. The third-order valence-corrected chi connectivity index (χ3v) is 4.25. The number of anilines is 1. The lowest BCUT2D eigenvalue weighted by molar-refractivity contribution is 0.618. The maximum absolute atomic E-state index is 13.5. The second-order valence-electron chi connectivity index (χ2n) is 4.44. The second kappa shape index (κ2) is 6.06. The number of halogens is 3. The van der Waals surface area contributed by atoms with Crippen molar-refractivity contribution in [3.05, 3.63) is 62.3 Å². The van der Waals surface area contributed by atoms with Gasteiger partial charge in [0.25, 0.3) is 0 Å². The third-order valence-electron chi connectivity index (χ3n) is 3.07. The minimum atomic E-state index is -0.188. The average molecular weight is 387 g/mol. The molecule has 0 saturated carbocycles. The zero-order valence-corrected chi connectivity index (χ0v) is 13.8. The zero-order valence-electron chi connectivity index (χ0n) is 10.7. The molecule has 1 N–H and O–H groups in total. The van der Waals surface area contributed by atoms with Gasteiger partial charge in [0.2, 0.25) is 0 Å². The molecule has 0 aromatic heterocycles. The molecule has 1 unspecified atom stereocenters. The standard InChI is InChI=1S/C15H14Br2FN/c1-9-14(18)4-3-5-15(9)19-10(2)12-7-6-11(16)8-13(12)17/h3-8,10,19H,1-2H3. The second-order valence-corrected chi connectivity index (χ2v) is 6.21. The first-order valence-electron chi connectivity index (χ1n) is 5.95. The molecule has 0 saturated heterocycles. The van der Waals surface area contributed by atoms with Crippen LogP contribution >= 0.6 is 31.9 Å². The summed E-state index contributed by atoms with van der Waals surface area (Å²) in [5.74, 6) is -0.188. The Morgan fingerprint density at radius 3 is 2.58 bits per heavy atom. The highest BCUT2D eigenvalue weighted by Crippen LogP contribution is 2.30. The van der Waals surface area contributed by atoms with Gasteiger partial charge >= 0.3 is 0 Å². The molecule has 0 heterocycles. The SMILES string of the molecule is Cc1c(F)cccc1NC(C)c1ccc(Br)cc1Br. The van der Waals surface area contributed by atoms with E-state index in [1.54, 1.807) is 13.0 Å². The smallest absolute Gasteiger partial charge is 0.128 e. The molecule has 0 aliphatic carbocycles. The Hall–Kier alpha value is -0.870. The van der Waals surface area contributed by atoms with Crippen LogP contribution < -0.4 is 5.32 Å². The predicted molar refractivity (Wildman–Crippen MR) is 85.0 cm³/mol. The van der Waals surface area contributed by atoms with Gasteiger partial charge in [0.15, 0.2) is 0 Å². The van der Waals surface area contributed by atoms with Gasteiger partial charge < -0.3 is 5.32 Å². The summed E-state index contributed by atoms with van der Waals surface area (Å²) in [5.41, 5.74) is 2.59. The molecular weight excluding hydrogens is 373 g/mol. The van der Waals surface area contributed by atoms with Crippen LogP contribution in [-0.2, 0) is 0 Å². The van der Waals surface area contributed by atoms with Gasteiger partial charge in [-0.3, -0.25) is 0 Å². The lowest BCUT2D eigenvalue weighted by atomic mass is 10.1. The number of hydrogen-bond acceptors (Lipinski definition) is 1. The van der Waals surface area contributed by atoms with Gasteiger partial charge in [-0.05, 0) is 43.7 Å². The van der Waals surface area contributed by atoms with Crippen molar-refractivity contribution in [3.63, 3.8) is 0 Å².